The van der Waals surface area contributed by atoms with Crippen molar-refractivity contribution >= 4 is 23.4 Å². The number of amides is 2. The number of hydrogen-bond acceptors (Lipinski definition) is 2. The van der Waals surface area contributed by atoms with Gasteiger partial charge in [-0.25, -0.2) is 0 Å². The summed E-state index contributed by atoms with van der Waals surface area (Å²) < 4.78 is 0. The number of rotatable bonds is 7. The lowest BCUT2D eigenvalue weighted by Gasteiger charge is -2.31. The maximum absolute atomic E-state index is 13.3. The first-order valence-corrected chi connectivity index (χ1v) is 11.6. The molecule has 5 heteroatoms. The molecule has 174 valence electrons. The van der Waals surface area contributed by atoms with Crippen LogP contribution in [0.4, 0.5) is 0 Å². The van der Waals surface area contributed by atoms with Crippen molar-refractivity contribution in [3.05, 3.63) is 70.2 Å². The zero-order valence-corrected chi connectivity index (χ0v) is 21.2. The lowest BCUT2D eigenvalue weighted by molar-refractivity contribution is -0.141. The average Bonchev–Trinajstić information content (AvgIpc) is 2.68. The van der Waals surface area contributed by atoms with Gasteiger partial charge >= 0.3 is 0 Å². The maximum atomic E-state index is 13.3. The fourth-order valence-electron chi connectivity index (χ4n) is 3.45. The molecule has 2 amide bonds. The van der Waals surface area contributed by atoms with Crippen LogP contribution >= 0.6 is 11.6 Å². The van der Waals surface area contributed by atoms with E-state index in [1.165, 1.54) is 5.56 Å². The van der Waals surface area contributed by atoms with Gasteiger partial charge in [0.15, 0.2) is 0 Å². The first-order valence-electron chi connectivity index (χ1n) is 11.2. The van der Waals surface area contributed by atoms with Crippen molar-refractivity contribution in [2.24, 2.45) is 0 Å². The van der Waals surface area contributed by atoms with Crippen molar-refractivity contribution < 1.29 is 9.59 Å². The van der Waals surface area contributed by atoms with E-state index in [1.54, 1.807) is 17.9 Å². The Balaban J connectivity index is 2.16. The van der Waals surface area contributed by atoms with Crippen LogP contribution in [0.25, 0.3) is 0 Å². The first-order chi connectivity index (χ1) is 14.8. The van der Waals surface area contributed by atoms with Crippen LogP contribution in [0.3, 0.4) is 0 Å². The summed E-state index contributed by atoms with van der Waals surface area (Å²) in [7, 11) is 0. The third-order valence-electron chi connectivity index (χ3n) is 5.35. The summed E-state index contributed by atoms with van der Waals surface area (Å²) in [6.07, 6.45) is 0.964. The molecule has 0 aliphatic rings. The molecule has 0 radical (unpaired) electrons. The largest absolute Gasteiger partial charge is 0.350 e. The quantitative estimate of drug-likeness (QED) is 0.563. The Bertz CT molecular complexity index is 924. The van der Waals surface area contributed by atoms with E-state index in [-0.39, 0.29) is 22.8 Å². The van der Waals surface area contributed by atoms with E-state index in [2.05, 4.69) is 50.4 Å². The molecule has 1 N–H and O–H groups in total. The molecule has 2 aromatic carbocycles. The molecular weight excluding hydrogens is 420 g/mol. The Morgan fingerprint density at radius 1 is 0.969 bits per heavy atom. The highest BCUT2D eigenvalue weighted by Gasteiger charge is 2.28. The fraction of sp³-hybridized carbons (Fsp3) is 0.481. The summed E-state index contributed by atoms with van der Waals surface area (Å²) in [6, 6.07) is 15.3. The molecule has 0 saturated heterocycles. The number of benzene rings is 2. The SMILES string of the molecule is C[C@H](C(=O)NC(C)(C)C)N(Cc1cccc(Cl)c1)C(=O)CCc1ccc(C(C)(C)C)cc1. The van der Waals surface area contributed by atoms with Crippen LogP contribution in [0.1, 0.15) is 71.6 Å². The number of aryl methyl sites for hydroxylation is 1. The Morgan fingerprint density at radius 3 is 2.12 bits per heavy atom. The van der Waals surface area contributed by atoms with Crippen LogP contribution in [-0.4, -0.2) is 28.3 Å². The lowest BCUT2D eigenvalue weighted by atomic mass is 9.86. The van der Waals surface area contributed by atoms with Gasteiger partial charge in [-0.2, -0.15) is 0 Å². The first kappa shape index (κ1) is 25.9. The molecule has 0 aromatic heterocycles. The van der Waals surface area contributed by atoms with Crippen molar-refractivity contribution in [2.45, 2.75) is 84.8 Å². The maximum Gasteiger partial charge on any atom is 0.242 e. The number of carbonyl (C=O) groups excluding carboxylic acids is 2. The van der Waals surface area contributed by atoms with Gasteiger partial charge in [-0.1, -0.05) is 68.8 Å². The molecule has 2 rings (SSSR count). The van der Waals surface area contributed by atoms with Crippen LogP contribution < -0.4 is 5.32 Å². The van der Waals surface area contributed by atoms with Gasteiger partial charge in [-0.15, -0.1) is 0 Å². The summed E-state index contributed by atoms with van der Waals surface area (Å²) in [6.45, 7) is 14.5. The molecule has 32 heavy (non-hydrogen) atoms. The van der Waals surface area contributed by atoms with Crippen molar-refractivity contribution in [1.29, 1.82) is 0 Å². The molecule has 0 aliphatic heterocycles. The second-order valence-electron chi connectivity index (χ2n) is 10.5. The Morgan fingerprint density at radius 2 is 1.59 bits per heavy atom. The van der Waals surface area contributed by atoms with Gasteiger partial charge in [0.1, 0.15) is 6.04 Å². The average molecular weight is 457 g/mol. The molecule has 0 spiro atoms. The second kappa shape index (κ2) is 10.5. The van der Waals surface area contributed by atoms with Gasteiger partial charge < -0.3 is 10.2 Å². The highest BCUT2D eigenvalue weighted by atomic mass is 35.5. The van der Waals surface area contributed by atoms with E-state index in [0.717, 1.165) is 11.1 Å². The topological polar surface area (TPSA) is 49.4 Å². The monoisotopic (exact) mass is 456 g/mol. The summed E-state index contributed by atoms with van der Waals surface area (Å²) in [4.78, 5) is 27.7. The number of carbonyl (C=O) groups is 2. The molecule has 2 aromatic rings. The third-order valence-corrected chi connectivity index (χ3v) is 5.59. The van der Waals surface area contributed by atoms with E-state index < -0.39 is 6.04 Å². The summed E-state index contributed by atoms with van der Waals surface area (Å²) >= 11 is 6.14. The van der Waals surface area contributed by atoms with Crippen LogP contribution in [-0.2, 0) is 28.0 Å². The van der Waals surface area contributed by atoms with Crippen LogP contribution in [0.2, 0.25) is 5.02 Å². The van der Waals surface area contributed by atoms with Crippen LogP contribution in [0, 0.1) is 0 Å². The van der Waals surface area contributed by atoms with Crippen molar-refractivity contribution in [3.63, 3.8) is 0 Å². The highest BCUT2D eigenvalue weighted by Crippen LogP contribution is 2.23. The molecule has 1 atom stereocenters. The van der Waals surface area contributed by atoms with Gasteiger partial charge in [0.25, 0.3) is 0 Å². The number of hydrogen-bond donors (Lipinski definition) is 1. The number of nitrogens with one attached hydrogen (secondary N) is 1. The Hall–Kier alpha value is -2.33. The summed E-state index contributed by atoms with van der Waals surface area (Å²) in [5.41, 5.74) is 3.00. The molecule has 0 saturated carbocycles. The zero-order valence-electron chi connectivity index (χ0n) is 20.5. The second-order valence-corrected chi connectivity index (χ2v) is 11.0. The van der Waals surface area contributed by atoms with Crippen molar-refractivity contribution in [2.75, 3.05) is 0 Å². The van der Waals surface area contributed by atoms with Gasteiger partial charge in [-0.05, 0) is 68.4 Å². The minimum atomic E-state index is -0.594. The molecule has 0 fully saturated rings. The predicted octanol–water partition coefficient (Wildman–Crippen LogP) is 5.90. The minimum absolute atomic E-state index is 0.0542. The normalized spacial score (nSPS) is 12.9. The summed E-state index contributed by atoms with van der Waals surface area (Å²) in [5.74, 6) is -0.219. The Labute approximate surface area is 198 Å². The smallest absolute Gasteiger partial charge is 0.242 e. The predicted molar refractivity (Wildman–Crippen MR) is 133 cm³/mol. The van der Waals surface area contributed by atoms with Gasteiger partial charge in [-0.3, -0.25) is 9.59 Å². The van der Waals surface area contributed by atoms with E-state index in [1.807, 2.05) is 39.0 Å². The van der Waals surface area contributed by atoms with Gasteiger partial charge in [0, 0.05) is 23.5 Å². The fourth-order valence-corrected chi connectivity index (χ4v) is 3.67. The van der Waals surface area contributed by atoms with Crippen LogP contribution in [0.5, 0.6) is 0 Å². The van der Waals surface area contributed by atoms with E-state index >= 15 is 0 Å². The number of nitrogens with zero attached hydrogens (tertiary/aromatic N) is 1. The van der Waals surface area contributed by atoms with Gasteiger partial charge in [0.2, 0.25) is 11.8 Å². The van der Waals surface area contributed by atoms with Crippen LogP contribution in [0.15, 0.2) is 48.5 Å². The van der Waals surface area contributed by atoms with Crippen molar-refractivity contribution in [3.8, 4) is 0 Å². The van der Waals surface area contributed by atoms with E-state index in [0.29, 0.717) is 24.4 Å². The molecular formula is C27H37ClN2O2. The standard InChI is InChI=1S/C27H37ClN2O2/c1-19(25(32)29-27(5,6)7)30(18-21-9-8-10-23(28)17-21)24(31)16-13-20-11-14-22(15-12-20)26(2,3)4/h8-12,14-15,17,19H,13,16,18H2,1-7H3,(H,29,32)/t19-/m1/s1. The highest BCUT2D eigenvalue weighted by molar-refractivity contribution is 6.30. The van der Waals surface area contributed by atoms with Gasteiger partial charge in [0.05, 0.1) is 0 Å². The Kier molecular flexibility index (Phi) is 8.53. The molecule has 0 aliphatic carbocycles. The zero-order chi connectivity index (χ0) is 24.1. The summed E-state index contributed by atoms with van der Waals surface area (Å²) in [5, 5.41) is 3.60. The minimum Gasteiger partial charge on any atom is -0.350 e. The lowest BCUT2D eigenvalue weighted by Crippen LogP contribution is -2.52. The third kappa shape index (κ3) is 7.98. The van der Waals surface area contributed by atoms with E-state index in [4.69, 9.17) is 11.6 Å². The molecule has 4 nitrogen and oxygen atoms in total. The van der Waals surface area contributed by atoms with E-state index in [9.17, 15) is 9.59 Å². The molecule has 0 bridgehead atoms. The molecule has 0 unspecified atom stereocenters. The van der Waals surface area contributed by atoms with Crippen molar-refractivity contribution in [1.82, 2.24) is 10.2 Å². The molecule has 0 heterocycles. The number of halogens is 1.